The maximum Gasteiger partial charge on any atom is 0.488 e. The molecule has 0 bridgehead atoms. The van der Waals surface area contributed by atoms with Crippen molar-refractivity contribution in [1.29, 1.82) is 0 Å². The molecular formula is C24H22BFN2O5. The number of aryl methyl sites for hydroxylation is 1. The van der Waals surface area contributed by atoms with Crippen LogP contribution < -0.4 is 10.9 Å². The number of rotatable bonds is 9. The molecule has 0 saturated heterocycles. The van der Waals surface area contributed by atoms with Crippen LogP contribution in [0.3, 0.4) is 0 Å². The molecule has 0 saturated carbocycles. The molecule has 2 aromatic carbocycles. The van der Waals surface area contributed by atoms with E-state index in [1.807, 2.05) is 0 Å². The third-order valence-electron chi connectivity index (χ3n) is 4.70. The van der Waals surface area contributed by atoms with Crippen LogP contribution in [-0.2, 0) is 23.3 Å². The van der Waals surface area contributed by atoms with Gasteiger partial charge in [0, 0.05) is 30.6 Å². The highest BCUT2D eigenvalue weighted by molar-refractivity contribution is 6.58. The normalized spacial score (nSPS) is 11.3. The molecule has 0 aliphatic heterocycles. The van der Waals surface area contributed by atoms with Crippen LogP contribution in [0.25, 0.3) is 12.2 Å². The minimum Gasteiger partial charge on any atom is -0.423 e. The number of aromatic nitrogens is 1. The number of hydroxylamine groups is 1. The first-order valence-corrected chi connectivity index (χ1v) is 10.0. The number of benzene rings is 2. The van der Waals surface area contributed by atoms with Crippen molar-refractivity contribution in [1.82, 2.24) is 10.0 Å². The Hall–Kier alpha value is -3.79. The molecule has 1 amide bonds. The van der Waals surface area contributed by atoms with Crippen molar-refractivity contribution in [3.8, 4) is 0 Å². The molecular weight excluding hydrogens is 426 g/mol. The molecule has 0 radical (unpaired) electrons. The third kappa shape index (κ3) is 7.11. The fourth-order valence-corrected chi connectivity index (χ4v) is 2.95. The zero-order valence-corrected chi connectivity index (χ0v) is 17.8. The molecule has 3 rings (SSSR count). The number of hydrogen-bond donors (Lipinski definition) is 3. The van der Waals surface area contributed by atoms with Gasteiger partial charge in [-0.05, 0) is 53.0 Å². The second-order valence-electron chi connectivity index (χ2n) is 7.22. The van der Waals surface area contributed by atoms with E-state index >= 15 is 0 Å². The van der Waals surface area contributed by atoms with Gasteiger partial charge in [-0.15, -0.1) is 0 Å². The van der Waals surface area contributed by atoms with Gasteiger partial charge < -0.3 is 14.6 Å². The van der Waals surface area contributed by atoms with Gasteiger partial charge in [0.25, 0.3) is 5.91 Å². The van der Waals surface area contributed by atoms with Crippen LogP contribution in [0.15, 0.2) is 72.9 Å². The van der Waals surface area contributed by atoms with E-state index in [2.05, 4.69) is 5.48 Å². The van der Waals surface area contributed by atoms with Crippen LogP contribution in [0, 0.1) is 5.82 Å². The molecule has 3 N–H and O–H groups in total. The molecule has 9 heteroatoms. The van der Waals surface area contributed by atoms with Gasteiger partial charge in [0.05, 0.1) is 6.61 Å². The minimum absolute atomic E-state index is 0.111. The number of ketones is 1. The summed E-state index contributed by atoms with van der Waals surface area (Å²) in [5.74, 6) is -1.24. The number of nitrogens with one attached hydrogen (secondary N) is 1. The van der Waals surface area contributed by atoms with Gasteiger partial charge in [0.1, 0.15) is 5.82 Å². The lowest BCUT2D eigenvalue weighted by atomic mass is 9.80. The summed E-state index contributed by atoms with van der Waals surface area (Å²) in [7, 11) is 0.263. The van der Waals surface area contributed by atoms with Crippen LogP contribution in [0.4, 0.5) is 4.39 Å². The second kappa shape index (κ2) is 11.2. The summed E-state index contributed by atoms with van der Waals surface area (Å²) in [4.78, 5) is 29.3. The maximum absolute atomic E-state index is 13.3. The third-order valence-corrected chi connectivity index (χ3v) is 4.70. The first kappa shape index (κ1) is 23.9. The van der Waals surface area contributed by atoms with Gasteiger partial charge in [-0.2, -0.15) is 0 Å². The Bertz CT molecular complexity index is 1190. The Morgan fingerprint density at radius 2 is 1.85 bits per heavy atom. The van der Waals surface area contributed by atoms with E-state index < -0.39 is 18.8 Å². The fourth-order valence-electron chi connectivity index (χ4n) is 2.95. The molecule has 3 aromatic rings. The van der Waals surface area contributed by atoms with Crippen LogP contribution >= 0.6 is 0 Å². The summed E-state index contributed by atoms with van der Waals surface area (Å²) < 4.78 is 15.0. The number of nitrogens with zero attached hydrogens (tertiary/aromatic N) is 1. The van der Waals surface area contributed by atoms with Gasteiger partial charge >= 0.3 is 7.12 Å². The molecule has 0 unspecified atom stereocenters. The van der Waals surface area contributed by atoms with E-state index in [4.69, 9.17) is 14.9 Å². The Morgan fingerprint density at radius 3 is 2.55 bits per heavy atom. The first-order chi connectivity index (χ1) is 15.8. The number of halogens is 1. The predicted octanol–water partition coefficient (Wildman–Crippen LogP) is 2.00. The van der Waals surface area contributed by atoms with Gasteiger partial charge in [-0.3, -0.25) is 14.4 Å². The number of amides is 1. The summed E-state index contributed by atoms with van der Waals surface area (Å²) in [5.41, 5.74) is 5.15. The van der Waals surface area contributed by atoms with Crippen LogP contribution in [0.2, 0.25) is 0 Å². The van der Waals surface area contributed by atoms with E-state index in [0.29, 0.717) is 5.46 Å². The van der Waals surface area contributed by atoms with Gasteiger partial charge in [0.15, 0.2) is 5.78 Å². The number of allylic oxidation sites excluding steroid dienone is 1. The molecule has 33 heavy (non-hydrogen) atoms. The minimum atomic E-state index is -1.53. The van der Waals surface area contributed by atoms with E-state index in [0.717, 1.165) is 16.8 Å². The van der Waals surface area contributed by atoms with Crippen molar-refractivity contribution in [3.63, 3.8) is 0 Å². The first-order valence-electron chi connectivity index (χ1n) is 10.0. The highest BCUT2D eigenvalue weighted by Gasteiger charge is 2.09. The van der Waals surface area contributed by atoms with Crippen molar-refractivity contribution < 1.29 is 28.9 Å². The summed E-state index contributed by atoms with van der Waals surface area (Å²) in [6.45, 7) is 0.111. The average Bonchev–Trinajstić information content (AvgIpc) is 3.15. The zero-order chi connectivity index (χ0) is 23.8. The SMILES string of the molecule is Cn1cc(/C=C/C(=O)c2cccc(F)c2)cc1/C=C/C(=O)NOCc1ccc(B(O)O)cc1. The second-order valence-corrected chi connectivity index (χ2v) is 7.22. The van der Waals surface area contributed by atoms with E-state index in [9.17, 15) is 14.0 Å². The van der Waals surface area contributed by atoms with Crippen molar-refractivity contribution in [2.45, 2.75) is 6.61 Å². The van der Waals surface area contributed by atoms with Gasteiger partial charge in [-0.25, -0.2) is 9.87 Å². The Morgan fingerprint density at radius 1 is 1.09 bits per heavy atom. The lowest BCUT2D eigenvalue weighted by Crippen LogP contribution is -2.29. The molecule has 0 aliphatic carbocycles. The largest absolute Gasteiger partial charge is 0.488 e. The standard InChI is InChI=1S/C24H22BFN2O5/c1-28-15-18(7-11-23(29)19-3-2-4-21(26)14-19)13-22(28)10-12-24(30)27-33-16-17-5-8-20(9-6-17)25(31)32/h2-15,31-32H,16H2,1H3,(H,27,30)/b11-7+,12-10+. The van der Waals surface area contributed by atoms with Crippen molar-refractivity contribution in [2.75, 3.05) is 0 Å². The Kier molecular flexibility index (Phi) is 8.09. The van der Waals surface area contributed by atoms with E-state index in [1.165, 1.54) is 30.4 Å². The smallest absolute Gasteiger partial charge is 0.423 e. The summed E-state index contributed by atoms with van der Waals surface area (Å²) in [6, 6.07) is 13.7. The maximum atomic E-state index is 13.3. The molecule has 168 valence electrons. The van der Waals surface area contributed by atoms with Crippen LogP contribution in [0.5, 0.6) is 0 Å². The van der Waals surface area contributed by atoms with Crippen LogP contribution in [-0.4, -0.2) is 33.4 Å². The lowest BCUT2D eigenvalue weighted by molar-refractivity contribution is -0.129. The number of hydrogen-bond acceptors (Lipinski definition) is 5. The predicted molar refractivity (Wildman–Crippen MR) is 123 cm³/mol. The van der Waals surface area contributed by atoms with Gasteiger partial charge in [0.2, 0.25) is 0 Å². The lowest BCUT2D eigenvalue weighted by Gasteiger charge is -2.05. The molecule has 1 heterocycles. The van der Waals surface area contributed by atoms with Crippen LogP contribution in [0.1, 0.15) is 27.2 Å². The Balaban J connectivity index is 1.51. The summed E-state index contributed by atoms with van der Waals surface area (Å²) in [6.07, 6.45) is 7.69. The fraction of sp³-hybridized carbons (Fsp3) is 0.0833. The quantitative estimate of drug-likeness (QED) is 0.201. The molecule has 1 aromatic heterocycles. The van der Waals surface area contributed by atoms with E-state index in [-0.39, 0.29) is 18.0 Å². The highest BCUT2D eigenvalue weighted by atomic mass is 19.1. The Labute approximate surface area is 190 Å². The van der Waals surface area contributed by atoms with Gasteiger partial charge in [-0.1, -0.05) is 36.4 Å². The molecule has 0 spiro atoms. The average molecular weight is 448 g/mol. The van der Waals surface area contributed by atoms with Crippen molar-refractivity contribution >= 4 is 36.4 Å². The van der Waals surface area contributed by atoms with E-state index in [1.54, 1.807) is 66.4 Å². The summed E-state index contributed by atoms with van der Waals surface area (Å²) >= 11 is 0. The molecule has 0 fully saturated rings. The highest BCUT2D eigenvalue weighted by Crippen LogP contribution is 2.12. The molecule has 7 nitrogen and oxygen atoms in total. The number of carbonyl (C=O) groups is 2. The monoisotopic (exact) mass is 448 g/mol. The van der Waals surface area contributed by atoms with Crippen molar-refractivity contribution in [2.24, 2.45) is 7.05 Å². The number of carbonyl (C=O) groups excluding carboxylic acids is 2. The molecule has 0 aliphatic rings. The molecule has 0 atom stereocenters. The zero-order valence-electron chi connectivity index (χ0n) is 17.8. The summed E-state index contributed by atoms with van der Waals surface area (Å²) in [5, 5.41) is 18.1. The topological polar surface area (TPSA) is 101 Å². The van der Waals surface area contributed by atoms with Crippen molar-refractivity contribution in [3.05, 3.63) is 101 Å².